The fourth-order valence-corrected chi connectivity index (χ4v) is 3.08. The molecule has 4 heteroatoms. The van der Waals surface area contributed by atoms with Gasteiger partial charge < -0.3 is 11.2 Å². The smallest absolute Gasteiger partial charge is 0.118 e. The second kappa shape index (κ2) is 8.87. The van der Waals surface area contributed by atoms with E-state index in [1.807, 2.05) is 22.9 Å². The Morgan fingerprint density at radius 3 is 2.27 bits per heavy atom. The van der Waals surface area contributed by atoms with Crippen molar-refractivity contribution in [2.45, 2.75) is 12.2 Å². The Balaban J connectivity index is 0.00000196. The molecule has 0 N–H and O–H groups in total. The first-order valence-corrected chi connectivity index (χ1v) is 7.06. The van der Waals surface area contributed by atoms with Crippen LogP contribution in [0.3, 0.4) is 0 Å². The average Bonchev–Trinajstić information content (AvgIpc) is 2.26. The van der Waals surface area contributed by atoms with Gasteiger partial charge in [-0.1, -0.05) is 33.7 Å². The maximum absolute atomic E-state index is 5.12. The van der Waals surface area contributed by atoms with Crippen molar-refractivity contribution >= 4 is 21.6 Å². The molecule has 0 aromatic heterocycles. The predicted octanol–water partition coefficient (Wildman–Crippen LogP) is 3.97. The largest absolute Gasteiger partial charge is 0.497 e. The summed E-state index contributed by atoms with van der Waals surface area (Å²) in [5.41, 5.74) is 1.33. The summed E-state index contributed by atoms with van der Waals surface area (Å²) in [5.74, 6) is 0.915. The van der Waals surface area contributed by atoms with Gasteiger partial charge in [0.1, 0.15) is 5.75 Å². The van der Waals surface area contributed by atoms with Crippen LogP contribution in [0.1, 0.15) is 17.7 Å². The Morgan fingerprint density at radius 1 is 1.27 bits per heavy atom. The van der Waals surface area contributed by atoms with Crippen LogP contribution >= 0.6 is 21.6 Å². The molecule has 1 nitrogen and oxygen atoms in total. The average molecular weight is 465 g/mol. The van der Waals surface area contributed by atoms with Crippen molar-refractivity contribution in [3.05, 3.63) is 36.2 Å². The number of hydrogen-bond acceptors (Lipinski definition) is 3. The number of ether oxygens (including phenoxy) is 1. The summed E-state index contributed by atoms with van der Waals surface area (Å²) in [4.78, 5) is 0. The van der Waals surface area contributed by atoms with E-state index in [2.05, 4.69) is 31.7 Å². The summed E-state index contributed by atoms with van der Waals surface area (Å²) in [5, 5.41) is 0.468. The van der Waals surface area contributed by atoms with Gasteiger partial charge in [0.25, 0.3) is 0 Å². The van der Waals surface area contributed by atoms with E-state index >= 15 is 0 Å². The summed E-state index contributed by atoms with van der Waals surface area (Å²) < 4.78 is 5.12. The molecule has 82 valence electrons. The molecule has 15 heavy (non-hydrogen) atoms. The van der Waals surface area contributed by atoms with Crippen LogP contribution < -0.4 is 4.74 Å². The van der Waals surface area contributed by atoms with E-state index in [1.54, 1.807) is 17.9 Å². The summed E-state index contributed by atoms with van der Waals surface area (Å²) in [6.45, 7) is 2.10. The topological polar surface area (TPSA) is 9.23 Å². The molecule has 0 bridgehead atoms. The van der Waals surface area contributed by atoms with Gasteiger partial charge in [0.05, 0.1) is 7.11 Å². The predicted molar refractivity (Wildman–Crippen MR) is 66.8 cm³/mol. The fraction of sp³-hybridized carbons (Fsp3) is 0.364. The molecule has 1 aromatic rings. The summed E-state index contributed by atoms with van der Waals surface area (Å²) in [7, 11) is 5.35. The number of methoxy groups -OCH3 is 1. The summed E-state index contributed by atoms with van der Waals surface area (Å²) in [6.07, 6.45) is 4.31. The number of hydrogen-bond donors (Lipinski definition) is 0. The van der Waals surface area contributed by atoms with E-state index in [4.69, 9.17) is 4.74 Å². The fourth-order valence-electron chi connectivity index (χ4n) is 1.20. The third kappa shape index (κ3) is 5.08. The summed E-state index contributed by atoms with van der Waals surface area (Å²) >= 11 is 0. The molecule has 1 rings (SSSR count). The molecule has 0 fully saturated rings. The van der Waals surface area contributed by atoms with Crippen molar-refractivity contribution in [2.75, 3.05) is 13.4 Å². The van der Waals surface area contributed by atoms with Crippen LogP contribution in [-0.4, -0.2) is 13.4 Å². The molecule has 0 radical (unpaired) electrons. The molecular weight excluding hydrogens is 450 g/mol. The Morgan fingerprint density at radius 2 is 1.87 bits per heavy atom. The molecule has 1 atom stereocenters. The second-order valence-corrected chi connectivity index (χ2v) is 5.40. The first-order chi connectivity index (χ1) is 6.81. The third-order valence-electron chi connectivity index (χ3n) is 1.95. The summed E-state index contributed by atoms with van der Waals surface area (Å²) in [6, 6.07) is 8.25. The minimum atomic E-state index is 0. The molecule has 0 aliphatic carbocycles. The van der Waals surface area contributed by atoms with E-state index in [-0.39, 0.29) is 31.1 Å². The van der Waals surface area contributed by atoms with Crippen LogP contribution in [0.2, 0.25) is 0 Å². The molecule has 1 unspecified atom stereocenters. The monoisotopic (exact) mass is 465 g/mol. The minimum Gasteiger partial charge on any atom is -0.497 e. The number of benzene rings is 1. The molecule has 0 spiro atoms. The Labute approximate surface area is 124 Å². The maximum Gasteiger partial charge on any atom is 0.118 e. The van der Waals surface area contributed by atoms with Gasteiger partial charge in [0.2, 0.25) is 0 Å². The number of rotatable bonds is 5. The van der Waals surface area contributed by atoms with Gasteiger partial charge in [-0.25, -0.2) is 0 Å². The minimum absolute atomic E-state index is 0. The zero-order valence-corrected chi connectivity index (χ0v) is 15.0. The standard InChI is InChI=1S/C11H15OS2.U/c1-4-11(14-13-3)9-5-7-10(12-2)8-6-9;/h4-8,11H,1-3H3;/q-1;. The van der Waals surface area contributed by atoms with Gasteiger partial charge in [0.15, 0.2) is 0 Å². The molecule has 0 aliphatic rings. The SMILES string of the molecule is C[CH-]C(SSC)c1ccc(OC)cc1.[U]. The Hall–Kier alpha value is 0.772. The first kappa shape index (κ1) is 15.8. The van der Waals surface area contributed by atoms with Crippen LogP contribution in [0.15, 0.2) is 24.3 Å². The van der Waals surface area contributed by atoms with Crippen LogP contribution in [0.25, 0.3) is 0 Å². The van der Waals surface area contributed by atoms with Gasteiger partial charge in [-0.15, -0.1) is 10.8 Å². The first-order valence-electron chi connectivity index (χ1n) is 4.44. The second-order valence-electron chi connectivity index (χ2n) is 2.79. The van der Waals surface area contributed by atoms with E-state index in [9.17, 15) is 0 Å². The van der Waals surface area contributed by atoms with Gasteiger partial charge in [-0.3, -0.25) is 0 Å². The quantitative estimate of drug-likeness (QED) is 0.481. The maximum atomic E-state index is 5.12. The van der Waals surface area contributed by atoms with Gasteiger partial charge >= 0.3 is 0 Å². The van der Waals surface area contributed by atoms with E-state index in [0.29, 0.717) is 5.25 Å². The van der Waals surface area contributed by atoms with E-state index in [0.717, 1.165) is 5.75 Å². The van der Waals surface area contributed by atoms with Crippen molar-refractivity contribution in [3.63, 3.8) is 0 Å². The Bertz CT molecular complexity index is 264. The zero-order chi connectivity index (χ0) is 10.4. The van der Waals surface area contributed by atoms with E-state index < -0.39 is 0 Å². The van der Waals surface area contributed by atoms with Crippen LogP contribution in [0.5, 0.6) is 5.75 Å². The van der Waals surface area contributed by atoms with E-state index in [1.165, 1.54) is 5.56 Å². The van der Waals surface area contributed by atoms with Gasteiger partial charge in [-0.2, -0.15) is 6.92 Å². The van der Waals surface area contributed by atoms with Gasteiger partial charge in [0, 0.05) is 31.1 Å². The molecular formula is C11H15OS2U-. The molecule has 0 saturated carbocycles. The van der Waals surface area contributed by atoms with Gasteiger partial charge in [-0.05, 0) is 18.4 Å². The molecule has 0 saturated heterocycles. The zero-order valence-electron chi connectivity index (χ0n) is 9.19. The van der Waals surface area contributed by atoms with Crippen molar-refractivity contribution in [3.8, 4) is 5.75 Å². The van der Waals surface area contributed by atoms with Crippen LogP contribution in [0, 0.1) is 37.5 Å². The molecule has 1 aromatic carbocycles. The normalized spacial score (nSPS) is 11.7. The third-order valence-corrected chi connectivity index (χ3v) is 4.09. The molecule has 0 amide bonds. The van der Waals surface area contributed by atoms with Crippen molar-refractivity contribution in [2.24, 2.45) is 0 Å². The van der Waals surface area contributed by atoms with Crippen molar-refractivity contribution in [1.82, 2.24) is 0 Å². The Kier molecular flexibility index (Phi) is 9.33. The van der Waals surface area contributed by atoms with Crippen LogP contribution in [-0.2, 0) is 0 Å². The molecule has 0 aliphatic heterocycles. The van der Waals surface area contributed by atoms with Crippen LogP contribution in [0.4, 0.5) is 0 Å². The van der Waals surface area contributed by atoms with Crippen molar-refractivity contribution in [1.29, 1.82) is 0 Å². The molecule has 0 heterocycles. The van der Waals surface area contributed by atoms with Crippen molar-refractivity contribution < 1.29 is 35.9 Å².